The average molecular weight is 446 g/mol. The summed E-state index contributed by atoms with van der Waals surface area (Å²) in [7, 11) is -3.69. The maximum absolute atomic E-state index is 13.0. The van der Waals surface area contributed by atoms with E-state index in [1.54, 1.807) is 11.6 Å². The molecule has 0 amide bonds. The predicted molar refractivity (Wildman–Crippen MR) is 114 cm³/mol. The molecule has 0 saturated carbocycles. The van der Waals surface area contributed by atoms with Gasteiger partial charge in [0.05, 0.1) is 0 Å². The molecule has 158 valence electrons. The van der Waals surface area contributed by atoms with E-state index < -0.39 is 16.0 Å². The average Bonchev–Trinajstić information content (AvgIpc) is 3.43. The van der Waals surface area contributed by atoms with Gasteiger partial charge in [0.25, 0.3) is 0 Å². The number of esters is 1. The number of aromatic nitrogens is 2. The minimum atomic E-state index is -3.69. The highest BCUT2D eigenvalue weighted by Gasteiger charge is 2.31. The predicted octanol–water partition coefficient (Wildman–Crippen LogP) is 3.52. The number of ether oxygens (including phenoxy) is 1. The Morgan fingerprint density at radius 2 is 1.87 bits per heavy atom. The van der Waals surface area contributed by atoms with Crippen molar-refractivity contribution in [3.05, 3.63) is 70.4 Å². The molecule has 1 aliphatic heterocycles. The first-order valence-electron chi connectivity index (χ1n) is 9.84. The van der Waals surface area contributed by atoms with Gasteiger partial charge in [0.15, 0.2) is 0 Å². The molecule has 1 aromatic carbocycles. The van der Waals surface area contributed by atoms with Crippen LogP contribution in [0, 0.1) is 0 Å². The second kappa shape index (κ2) is 9.11. The molecule has 0 radical (unpaired) electrons. The van der Waals surface area contributed by atoms with Crippen molar-refractivity contribution in [3.8, 4) is 0 Å². The minimum Gasteiger partial charge on any atom is -0.453 e. The Bertz CT molecular complexity index is 1100. The first-order chi connectivity index (χ1) is 14.6. The zero-order valence-corrected chi connectivity index (χ0v) is 18.1. The van der Waals surface area contributed by atoms with Crippen molar-refractivity contribution in [1.29, 1.82) is 0 Å². The van der Waals surface area contributed by atoms with Gasteiger partial charge in [-0.25, -0.2) is 18.2 Å². The molecule has 0 N–H and O–H groups in total. The molecule has 0 spiro atoms. The van der Waals surface area contributed by atoms with Gasteiger partial charge in [-0.1, -0.05) is 36.8 Å². The maximum Gasteiger partial charge on any atom is 0.350 e. The largest absolute Gasteiger partial charge is 0.453 e. The third-order valence-electron chi connectivity index (χ3n) is 5.08. The fraction of sp³-hybridized carbons (Fsp3) is 0.333. The van der Waals surface area contributed by atoms with Crippen LogP contribution in [0.2, 0.25) is 0 Å². The molecule has 0 bridgehead atoms. The number of imidazole rings is 1. The van der Waals surface area contributed by atoms with Crippen LogP contribution in [0.3, 0.4) is 0 Å². The molecule has 1 aliphatic rings. The lowest BCUT2D eigenvalue weighted by Gasteiger charge is -2.25. The fourth-order valence-corrected chi connectivity index (χ4v) is 6.29. The van der Waals surface area contributed by atoms with E-state index in [1.165, 1.54) is 10.4 Å². The topological polar surface area (TPSA) is 81.5 Å². The number of rotatable bonds is 7. The molecule has 9 heteroatoms. The lowest BCUT2D eigenvalue weighted by atomic mass is 10.2. The van der Waals surface area contributed by atoms with Crippen LogP contribution in [-0.4, -0.2) is 41.3 Å². The molecule has 3 heterocycles. The lowest BCUT2D eigenvalue weighted by molar-refractivity contribution is 0.0460. The van der Waals surface area contributed by atoms with Gasteiger partial charge in [0.2, 0.25) is 10.0 Å². The summed E-state index contributed by atoms with van der Waals surface area (Å²) in [5, 5.41) is 1.61. The van der Waals surface area contributed by atoms with Crippen LogP contribution in [0.5, 0.6) is 0 Å². The monoisotopic (exact) mass is 445 g/mol. The van der Waals surface area contributed by atoms with Crippen molar-refractivity contribution >= 4 is 27.3 Å². The van der Waals surface area contributed by atoms with Crippen LogP contribution < -0.4 is 0 Å². The zero-order chi connectivity index (χ0) is 21.0. The smallest absolute Gasteiger partial charge is 0.350 e. The van der Waals surface area contributed by atoms with Gasteiger partial charge in [0, 0.05) is 32.0 Å². The molecule has 1 fully saturated rings. The lowest BCUT2D eigenvalue weighted by Crippen LogP contribution is -2.36. The van der Waals surface area contributed by atoms with Gasteiger partial charge >= 0.3 is 5.97 Å². The van der Waals surface area contributed by atoms with Crippen molar-refractivity contribution in [3.63, 3.8) is 0 Å². The summed E-state index contributed by atoms with van der Waals surface area (Å²) in [5.41, 5.74) is 1.11. The summed E-state index contributed by atoms with van der Waals surface area (Å²) in [6, 6.07) is 11.4. The van der Waals surface area contributed by atoms with Crippen LogP contribution in [0.15, 0.2) is 59.1 Å². The molecule has 4 rings (SSSR count). The van der Waals surface area contributed by atoms with Gasteiger partial charge in [0.1, 0.15) is 22.2 Å². The minimum absolute atomic E-state index is 0.0280. The van der Waals surface area contributed by atoms with E-state index in [-0.39, 0.29) is 16.4 Å². The van der Waals surface area contributed by atoms with E-state index in [4.69, 9.17) is 4.74 Å². The molecule has 30 heavy (non-hydrogen) atoms. The Hall–Kier alpha value is -2.49. The highest BCUT2D eigenvalue weighted by atomic mass is 32.2. The molecular weight excluding hydrogens is 422 g/mol. The molecule has 0 unspecified atom stereocenters. The summed E-state index contributed by atoms with van der Waals surface area (Å²) < 4.78 is 34.7. The van der Waals surface area contributed by atoms with Gasteiger partial charge in [-0.15, -0.1) is 11.3 Å². The molecule has 0 aliphatic carbocycles. The number of piperidine rings is 1. The van der Waals surface area contributed by atoms with E-state index in [0.29, 0.717) is 25.5 Å². The molecule has 3 aromatic rings. The number of hydrogen-bond acceptors (Lipinski definition) is 6. The Morgan fingerprint density at radius 1 is 1.10 bits per heavy atom. The number of benzene rings is 1. The number of thiophene rings is 1. The first-order valence-corrected chi connectivity index (χ1v) is 12.2. The van der Waals surface area contributed by atoms with Crippen LogP contribution in [0.4, 0.5) is 0 Å². The van der Waals surface area contributed by atoms with Crippen LogP contribution in [0.1, 0.15) is 40.3 Å². The molecule has 2 aromatic heterocycles. The standard InChI is InChI=1S/C21H23N3O4S2/c25-21(20-18(9-14-29-20)30(26,27)24-11-5-2-6-12-24)28-16-19-22-10-13-23(19)15-17-7-3-1-4-8-17/h1,3-4,7-10,13-14H,2,5-6,11-12,15-16H2. The fourth-order valence-electron chi connectivity index (χ4n) is 3.49. The van der Waals surface area contributed by atoms with Crippen molar-refractivity contribution in [2.24, 2.45) is 0 Å². The Kier molecular flexibility index (Phi) is 6.31. The SMILES string of the molecule is O=C(OCc1nccn1Cc1ccccc1)c1sccc1S(=O)(=O)N1CCCCC1. The molecule has 7 nitrogen and oxygen atoms in total. The zero-order valence-electron chi connectivity index (χ0n) is 16.4. The quantitative estimate of drug-likeness (QED) is 0.520. The third kappa shape index (κ3) is 4.48. The van der Waals surface area contributed by atoms with Crippen molar-refractivity contribution < 1.29 is 17.9 Å². The summed E-state index contributed by atoms with van der Waals surface area (Å²) in [4.78, 5) is 17.1. The van der Waals surface area contributed by atoms with Crippen molar-refractivity contribution in [2.75, 3.05) is 13.1 Å². The second-order valence-electron chi connectivity index (χ2n) is 7.11. The van der Waals surface area contributed by atoms with Crippen LogP contribution in [0.25, 0.3) is 0 Å². The second-order valence-corrected chi connectivity index (χ2v) is 9.93. The number of nitrogens with zero attached hydrogens (tertiary/aromatic N) is 3. The highest BCUT2D eigenvalue weighted by Crippen LogP contribution is 2.28. The first kappa shape index (κ1) is 20.8. The number of carbonyl (C=O) groups excluding carboxylic acids is 1. The normalized spacial score (nSPS) is 15.2. The van der Waals surface area contributed by atoms with Gasteiger partial charge in [-0.3, -0.25) is 0 Å². The van der Waals surface area contributed by atoms with E-state index >= 15 is 0 Å². The summed E-state index contributed by atoms with van der Waals surface area (Å²) in [6.45, 7) is 1.56. The van der Waals surface area contributed by atoms with E-state index in [1.807, 2.05) is 41.1 Å². The molecular formula is C21H23N3O4S2. The Balaban J connectivity index is 1.45. The molecule has 1 saturated heterocycles. The van der Waals surface area contributed by atoms with Crippen LogP contribution in [-0.2, 0) is 27.9 Å². The van der Waals surface area contributed by atoms with E-state index in [9.17, 15) is 13.2 Å². The van der Waals surface area contributed by atoms with Gasteiger partial charge in [-0.05, 0) is 29.9 Å². The summed E-state index contributed by atoms with van der Waals surface area (Å²) in [5.74, 6) is -0.0426. The van der Waals surface area contributed by atoms with Crippen molar-refractivity contribution in [2.45, 2.75) is 37.3 Å². The Morgan fingerprint density at radius 3 is 2.63 bits per heavy atom. The highest BCUT2D eigenvalue weighted by molar-refractivity contribution is 7.89. The number of carbonyl (C=O) groups is 1. The maximum atomic E-state index is 13.0. The summed E-state index contributed by atoms with van der Waals surface area (Å²) in [6.07, 6.45) is 6.19. The van der Waals surface area contributed by atoms with Gasteiger partial charge < -0.3 is 9.30 Å². The number of hydrogen-bond donors (Lipinski definition) is 0. The van der Waals surface area contributed by atoms with E-state index in [2.05, 4.69) is 4.98 Å². The van der Waals surface area contributed by atoms with E-state index in [0.717, 1.165) is 36.2 Å². The van der Waals surface area contributed by atoms with Crippen LogP contribution >= 0.6 is 11.3 Å². The molecule has 0 atom stereocenters. The number of sulfonamides is 1. The summed E-state index contributed by atoms with van der Waals surface area (Å²) >= 11 is 1.08. The third-order valence-corrected chi connectivity index (χ3v) is 8.04. The van der Waals surface area contributed by atoms with Gasteiger partial charge in [-0.2, -0.15) is 4.31 Å². The van der Waals surface area contributed by atoms with Crippen molar-refractivity contribution in [1.82, 2.24) is 13.9 Å². The Labute approximate surface area is 180 Å².